The van der Waals surface area contributed by atoms with Gasteiger partial charge in [-0.15, -0.1) is 4.72 Å². The largest absolute Gasteiger partial charge is 0.598 e. The van der Waals surface area contributed by atoms with E-state index in [0.29, 0.717) is 13.1 Å². The summed E-state index contributed by atoms with van der Waals surface area (Å²) >= 11 is -1.17. The van der Waals surface area contributed by atoms with Crippen LogP contribution in [-0.2, 0) is 35.5 Å². The minimum atomic E-state index is -1.17. The van der Waals surface area contributed by atoms with E-state index in [1.165, 1.54) is 17.0 Å². The summed E-state index contributed by atoms with van der Waals surface area (Å²) < 4.78 is 24.0. The highest BCUT2D eigenvalue weighted by molar-refractivity contribution is 7.90. The van der Waals surface area contributed by atoms with E-state index < -0.39 is 17.0 Å². The third-order valence-corrected chi connectivity index (χ3v) is 8.12. The summed E-state index contributed by atoms with van der Waals surface area (Å²) in [7, 11) is 0. The number of hydrogen-bond acceptors (Lipinski definition) is 5. The van der Waals surface area contributed by atoms with Crippen molar-refractivity contribution in [3.63, 3.8) is 0 Å². The smallest absolute Gasteiger partial charge is 0.410 e. The van der Waals surface area contributed by atoms with Gasteiger partial charge in [0.05, 0.1) is 11.4 Å². The van der Waals surface area contributed by atoms with Crippen molar-refractivity contribution in [1.82, 2.24) is 19.4 Å². The SMILES string of the molecule is CC(C)(C)OC(=O)N1CCC2(CC1)Cn1nc3c(c1[C@H]2N[S+]([O-])C(C)(C)C)CCC3. The van der Waals surface area contributed by atoms with Gasteiger partial charge in [-0.25, -0.2) is 4.79 Å². The van der Waals surface area contributed by atoms with Gasteiger partial charge in [0.25, 0.3) is 0 Å². The van der Waals surface area contributed by atoms with Gasteiger partial charge in [0, 0.05) is 36.4 Å². The van der Waals surface area contributed by atoms with Crippen LogP contribution in [0.2, 0.25) is 0 Å². The summed E-state index contributed by atoms with van der Waals surface area (Å²) in [5.41, 5.74) is 3.27. The molecular weight excluding hydrogens is 400 g/mol. The molecule has 1 aromatic heterocycles. The standard InChI is InChI=1S/C22H36N4O3S/c1-20(2,3)29-19(27)25-12-10-22(11-13-25)14-26-17(15-8-7-9-16(15)23-26)18(22)24-30(28)21(4,5)6/h18,24H,7-14H2,1-6H3/t18-,30?/m1/s1. The molecule has 1 aromatic rings. The zero-order chi connectivity index (χ0) is 21.9. The van der Waals surface area contributed by atoms with Crippen LogP contribution in [0.15, 0.2) is 0 Å². The van der Waals surface area contributed by atoms with E-state index in [1.54, 1.807) is 0 Å². The monoisotopic (exact) mass is 436 g/mol. The number of ether oxygens (including phenoxy) is 1. The zero-order valence-electron chi connectivity index (χ0n) is 19.2. The molecule has 2 aliphatic heterocycles. The molecule has 1 unspecified atom stereocenters. The van der Waals surface area contributed by atoms with Crippen LogP contribution in [-0.4, -0.2) is 48.8 Å². The van der Waals surface area contributed by atoms with E-state index in [9.17, 15) is 9.35 Å². The summed E-state index contributed by atoms with van der Waals surface area (Å²) in [6.45, 7) is 13.8. The molecule has 1 N–H and O–H groups in total. The van der Waals surface area contributed by atoms with Gasteiger partial charge in [0.1, 0.15) is 16.4 Å². The molecule has 0 saturated carbocycles. The maximum Gasteiger partial charge on any atom is 0.410 e. The van der Waals surface area contributed by atoms with Gasteiger partial charge < -0.3 is 14.2 Å². The van der Waals surface area contributed by atoms with Crippen LogP contribution in [0, 0.1) is 5.41 Å². The van der Waals surface area contributed by atoms with Gasteiger partial charge in [0.2, 0.25) is 0 Å². The predicted octanol–water partition coefficient (Wildman–Crippen LogP) is 3.50. The first-order valence-electron chi connectivity index (χ1n) is 11.1. The van der Waals surface area contributed by atoms with Crippen molar-refractivity contribution in [3.05, 3.63) is 17.0 Å². The molecule has 0 aromatic carbocycles. The van der Waals surface area contributed by atoms with Gasteiger partial charge in [-0.05, 0) is 79.2 Å². The lowest BCUT2D eigenvalue weighted by atomic mass is 9.73. The van der Waals surface area contributed by atoms with Gasteiger partial charge in [-0.1, -0.05) is 0 Å². The van der Waals surface area contributed by atoms with Crippen LogP contribution in [0.5, 0.6) is 0 Å². The van der Waals surface area contributed by atoms with Crippen LogP contribution in [0.3, 0.4) is 0 Å². The normalized spacial score (nSPS) is 24.1. The average Bonchev–Trinajstić information content (AvgIpc) is 3.25. The fourth-order valence-electron chi connectivity index (χ4n) is 4.97. The number of likely N-dealkylation sites (tertiary alicyclic amines) is 1. The lowest BCUT2D eigenvalue weighted by Gasteiger charge is -2.43. The molecule has 7 nitrogen and oxygen atoms in total. The zero-order valence-corrected chi connectivity index (χ0v) is 20.0. The number of amides is 1. The van der Waals surface area contributed by atoms with E-state index in [0.717, 1.165) is 38.6 Å². The first-order chi connectivity index (χ1) is 13.9. The Kier molecular flexibility index (Phi) is 5.43. The molecule has 3 heterocycles. The molecule has 0 bridgehead atoms. The Hall–Kier alpha value is -1.25. The van der Waals surface area contributed by atoms with Crippen LogP contribution in [0.25, 0.3) is 0 Å². The Balaban J connectivity index is 1.56. The molecule has 2 atom stereocenters. The van der Waals surface area contributed by atoms with E-state index in [1.807, 2.05) is 46.4 Å². The molecule has 30 heavy (non-hydrogen) atoms. The first-order valence-corrected chi connectivity index (χ1v) is 12.3. The number of aryl methyl sites for hydroxylation is 1. The minimum absolute atomic E-state index is 0.00712. The highest BCUT2D eigenvalue weighted by atomic mass is 32.2. The van der Waals surface area contributed by atoms with Gasteiger partial charge >= 0.3 is 6.09 Å². The summed E-state index contributed by atoms with van der Waals surface area (Å²) in [4.78, 5) is 14.4. The number of fused-ring (bicyclic) bond motifs is 3. The number of hydrogen-bond donors (Lipinski definition) is 1. The minimum Gasteiger partial charge on any atom is -0.598 e. The summed E-state index contributed by atoms with van der Waals surface area (Å²) in [5.74, 6) is 0. The van der Waals surface area contributed by atoms with Crippen molar-refractivity contribution >= 4 is 17.5 Å². The average molecular weight is 437 g/mol. The Morgan fingerprint density at radius 3 is 2.47 bits per heavy atom. The van der Waals surface area contributed by atoms with Crippen LogP contribution >= 0.6 is 0 Å². The van der Waals surface area contributed by atoms with E-state index >= 15 is 0 Å². The molecule has 1 fully saturated rings. The Morgan fingerprint density at radius 2 is 1.87 bits per heavy atom. The molecule has 1 saturated heterocycles. The molecule has 4 rings (SSSR count). The molecule has 1 aliphatic carbocycles. The maximum atomic E-state index is 13.1. The second-order valence-electron chi connectivity index (χ2n) is 11.1. The molecule has 0 radical (unpaired) electrons. The van der Waals surface area contributed by atoms with E-state index in [-0.39, 0.29) is 22.3 Å². The van der Waals surface area contributed by atoms with Crippen molar-refractivity contribution in [3.8, 4) is 0 Å². The molecule has 3 aliphatic rings. The number of rotatable bonds is 2. The second-order valence-corrected chi connectivity index (χ2v) is 13.1. The number of nitrogens with zero attached hydrogens (tertiary/aromatic N) is 3. The molecule has 1 spiro atoms. The van der Waals surface area contributed by atoms with Gasteiger partial charge in [0.15, 0.2) is 0 Å². The van der Waals surface area contributed by atoms with Crippen LogP contribution in [0.1, 0.15) is 83.8 Å². The quantitative estimate of drug-likeness (QED) is 0.718. The third kappa shape index (κ3) is 3.98. The van der Waals surface area contributed by atoms with Crippen LogP contribution < -0.4 is 4.72 Å². The highest BCUT2D eigenvalue weighted by Gasteiger charge is 2.53. The first kappa shape index (κ1) is 22.0. The number of aromatic nitrogens is 2. The summed E-state index contributed by atoms with van der Waals surface area (Å²) in [5, 5.41) is 4.92. The summed E-state index contributed by atoms with van der Waals surface area (Å²) in [6.07, 6.45) is 4.72. The third-order valence-electron chi connectivity index (χ3n) is 6.56. The van der Waals surface area contributed by atoms with Crippen LogP contribution in [0.4, 0.5) is 4.79 Å². The van der Waals surface area contributed by atoms with Crippen molar-refractivity contribution in [1.29, 1.82) is 0 Å². The number of nitrogens with one attached hydrogen (secondary N) is 1. The topological polar surface area (TPSA) is 82.5 Å². The molecule has 8 heteroatoms. The highest BCUT2D eigenvalue weighted by Crippen LogP contribution is 2.52. The lowest BCUT2D eigenvalue weighted by molar-refractivity contribution is 0.00560. The van der Waals surface area contributed by atoms with Crippen molar-refractivity contribution in [2.75, 3.05) is 13.1 Å². The van der Waals surface area contributed by atoms with Crippen molar-refractivity contribution in [2.45, 2.75) is 96.6 Å². The predicted molar refractivity (Wildman–Crippen MR) is 117 cm³/mol. The Bertz CT molecular complexity index is 816. The molecule has 1 amide bonds. The number of carbonyl (C=O) groups excluding carboxylic acids is 1. The fraction of sp³-hybridized carbons (Fsp3) is 0.818. The molecule has 168 valence electrons. The van der Waals surface area contributed by atoms with Crippen molar-refractivity contribution < 1.29 is 14.1 Å². The second kappa shape index (κ2) is 7.41. The van der Waals surface area contributed by atoms with Crippen molar-refractivity contribution in [2.24, 2.45) is 5.41 Å². The molecular formula is C22H36N4O3S. The Morgan fingerprint density at radius 1 is 1.20 bits per heavy atom. The maximum absolute atomic E-state index is 13.1. The Labute approximate surface area is 183 Å². The van der Waals surface area contributed by atoms with E-state index in [2.05, 4.69) is 9.40 Å². The van der Waals surface area contributed by atoms with Gasteiger partial charge in [-0.3, -0.25) is 4.68 Å². The number of piperidine rings is 1. The summed E-state index contributed by atoms with van der Waals surface area (Å²) in [6, 6.07) is 0.00712. The fourth-order valence-corrected chi connectivity index (χ4v) is 5.89. The van der Waals surface area contributed by atoms with Gasteiger partial charge in [-0.2, -0.15) is 5.10 Å². The number of carbonyl (C=O) groups is 1. The van der Waals surface area contributed by atoms with E-state index in [4.69, 9.17) is 9.84 Å². The lowest BCUT2D eigenvalue weighted by Crippen LogP contribution is -2.51.